The molecule has 16 heavy (non-hydrogen) atoms. The van der Waals surface area contributed by atoms with Crippen LogP contribution >= 0.6 is 23.8 Å². The third-order valence-electron chi connectivity index (χ3n) is 2.54. The van der Waals surface area contributed by atoms with E-state index in [2.05, 4.69) is 10.2 Å². The van der Waals surface area contributed by atoms with Gasteiger partial charge in [0.25, 0.3) is 0 Å². The second-order valence-electron chi connectivity index (χ2n) is 3.52. The second kappa shape index (κ2) is 4.39. The number of aryl methyl sites for hydroxylation is 1. The van der Waals surface area contributed by atoms with Crippen LogP contribution in [0.4, 0.5) is 0 Å². The van der Waals surface area contributed by atoms with Crippen molar-refractivity contribution in [1.82, 2.24) is 14.8 Å². The number of halogens is 1. The molecule has 0 atom stereocenters. The van der Waals surface area contributed by atoms with Gasteiger partial charge >= 0.3 is 0 Å². The molecule has 3 nitrogen and oxygen atoms in total. The average Bonchev–Trinajstić information content (AvgIpc) is 2.64. The molecule has 0 radical (unpaired) electrons. The number of benzene rings is 1. The minimum absolute atomic E-state index is 0.599. The zero-order chi connectivity index (χ0) is 11.7. The van der Waals surface area contributed by atoms with E-state index in [0.29, 0.717) is 4.77 Å². The lowest BCUT2D eigenvalue weighted by Crippen LogP contribution is -2.02. The van der Waals surface area contributed by atoms with E-state index in [1.807, 2.05) is 36.6 Å². The Morgan fingerprint density at radius 2 is 2.25 bits per heavy atom. The molecule has 2 rings (SSSR count). The van der Waals surface area contributed by atoms with Crippen LogP contribution in [0.1, 0.15) is 18.3 Å². The summed E-state index contributed by atoms with van der Waals surface area (Å²) in [4.78, 5) is 0. The first-order chi connectivity index (χ1) is 7.65. The molecule has 0 saturated heterocycles. The minimum Gasteiger partial charge on any atom is -0.272 e. The molecule has 0 aliphatic heterocycles. The van der Waals surface area contributed by atoms with Crippen LogP contribution in [0, 0.1) is 11.7 Å². The molecule has 0 aliphatic carbocycles. The molecular weight excluding hydrogens is 242 g/mol. The summed E-state index contributed by atoms with van der Waals surface area (Å²) >= 11 is 11.3. The Balaban J connectivity index is 2.72. The van der Waals surface area contributed by atoms with Gasteiger partial charge in [0.2, 0.25) is 0 Å². The maximum Gasteiger partial charge on any atom is 0.199 e. The van der Waals surface area contributed by atoms with Crippen molar-refractivity contribution in [1.29, 1.82) is 0 Å². The third kappa shape index (κ3) is 1.79. The summed E-state index contributed by atoms with van der Waals surface area (Å²) in [6.07, 6.45) is 0.819. The number of hydrogen-bond donors (Lipinski definition) is 1. The standard InChI is InChI=1S/C11H12ClN3S/c1-3-10-13-14-11(16)15(10)9-6-4-5-8(12)7(9)2/h4-6H,3H2,1-2H3,(H,14,16). The number of H-pyrrole nitrogens is 1. The fourth-order valence-electron chi connectivity index (χ4n) is 1.65. The van der Waals surface area contributed by atoms with Crippen LogP contribution in [-0.2, 0) is 6.42 Å². The van der Waals surface area contributed by atoms with Gasteiger partial charge in [-0.1, -0.05) is 24.6 Å². The molecule has 1 aromatic heterocycles. The van der Waals surface area contributed by atoms with Gasteiger partial charge in [0.15, 0.2) is 4.77 Å². The smallest absolute Gasteiger partial charge is 0.199 e. The van der Waals surface area contributed by atoms with Gasteiger partial charge in [-0.2, -0.15) is 5.10 Å². The van der Waals surface area contributed by atoms with Crippen molar-refractivity contribution in [2.75, 3.05) is 0 Å². The van der Waals surface area contributed by atoms with Gasteiger partial charge in [-0.25, -0.2) is 0 Å². The molecule has 2 aromatic rings. The summed E-state index contributed by atoms with van der Waals surface area (Å²) in [6, 6.07) is 5.78. The molecule has 1 heterocycles. The maximum atomic E-state index is 6.10. The van der Waals surface area contributed by atoms with Gasteiger partial charge in [0.05, 0.1) is 5.69 Å². The highest BCUT2D eigenvalue weighted by Crippen LogP contribution is 2.23. The lowest BCUT2D eigenvalue weighted by Gasteiger charge is -2.09. The van der Waals surface area contributed by atoms with Crippen molar-refractivity contribution in [3.05, 3.63) is 39.4 Å². The Bertz CT molecular complexity index is 571. The molecule has 0 amide bonds. The van der Waals surface area contributed by atoms with E-state index in [1.165, 1.54) is 0 Å². The summed E-state index contributed by atoms with van der Waals surface area (Å²) in [5.41, 5.74) is 2.00. The van der Waals surface area contributed by atoms with Gasteiger partial charge in [-0.3, -0.25) is 9.67 Å². The highest BCUT2D eigenvalue weighted by molar-refractivity contribution is 7.71. The lowest BCUT2D eigenvalue weighted by atomic mass is 10.2. The van der Waals surface area contributed by atoms with Crippen LogP contribution in [-0.4, -0.2) is 14.8 Å². The Morgan fingerprint density at radius 1 is 1.50 bits per heavy atom. The Kier molecular flexibility index (Phi) is 3.12. The number of hydrogen-bond acceptors (Lipinski definition) is 2. The largest absolute Gasteiger partial charge is 0.272 e. The number of nitrogens with one attached hydrogen (secondary N) is 1. The molecule has 0 bridgehead atoms. The highest BCUT2D eigenvalue weighted by atomic mass is 35.5. The van der Waals surface area contributed by atoms with E-state index >= 15 is 0 Å². The minimum atomic E-state index is 0.599. The molecular formula is C11H12ClN3S. The quantitative estimate of drug-likeness (QED) is 0.832. The second-order valence-corrected chi connectivity index (χ2v) is 4.31. The lowest BCUT2D eigenvalue weighted by molar-refractivity contribution is 0.875. The van der Waals surface area contributed by atoms with Gasteiger partial charge in [0, 0.05) is 11.4 Å². The van der Waals surface area contributed by atoms with Crippen LogP contribution in [0.15, 0.2) is 18.2 Å². The van der Waals surface area contributed by atoms with Crippen LogP contribution in [0.5, 0.6) is 0 Å². The Labute approximate surface area is 104 Å². The van der Waals surface area contributed by atoms with Crippen LogP contribution in [0.2, 0.25) is 5.02 Å². The SMILES string of the molecule is CCc1n[nH]c(=S)n1-c1cccc(Cl)c1C. The van der Waals surface area contributed by atoms with Gasteiger partial charge < -0.3 is 0 Å². The van der Waals surface area contributed by atoms with E-state index < -0.39 is 0 Å². The predicted octanol–water partition coefficient (Wildman–Crippen LogP) is 3.45. The molecule has 0 unspecified atom stereocenters. The summed E-state index contributed by atoms with van der Waals surface area (Å²) in [5, 5.41) is 7.73. The van der Waals surface area contributed by atoms with Crippen molar-refractivity contribution in [3.8, 4) is 5.69 Å². The normalized spacial score (nSPS) is 10.7. The molecule has 0 fully saturated rings. The predicted molar refractivity (Wildman–Crippen MR) is 67.9 cm³/mol. The van der Waals surface area contributed by atoms with E-state index in [4.69, 9.17) is 23.8 Å². The number of nitrogens with zero attached hydrogens (tertiary/aromatic N) is 2. The zero-order valence-electron chi connectivity index (χ0n) is 9.12. The van der Waals surface area contributed by atoms with Crippen LogP contribution < -0.4 is 0 Å². The first-order valence-electron chi connectivity index (χ1n) is 5.07. The van der Waals surface area contributed by atoms with Crippen LogP contribution in [0.3, 0.4) is 0 Å². The number of aromatic nitrogens is 3. The fourth-order valence-corrected chi connectivity index (χ4v) is 2.07. The zero-order valence-corrected chi connectivity index (χ0v) is 10.7. The van der Waals surface area contributed by atoms with Crippen molar-refractivity contribution >= 4 is 23.8 Å². The van der Waals surface area contributed by atoms with Crippen LogP contribution in [0.25, 0.3) is 5.69 Å². The fraction of sp³-hybridized carbons (Fsp3) is 0.273. The average molecular weight is 254 g/mol. The number of rotatable bonds is 2. The van der Waals surface area contributed by atoms with Gasteiger partial charge in [-0.15, -0.1) is 0 Å². The van der Waals surface area contributed by atoms with Crippen molar-refractivity contribution in [3.63, 3.8) is 0 Å². The molecule has 1 aromatic carbocycles. The van der Waals surface area contributed by atoms with Crippen molar-refractivity contribution in [2.24, 2.45) is 0 Å². The highest BCUT2D eigenvalue weighted by Gasteiger charge is 2.10. The first-order valence-corrected chi connectivity index (χ1v) is 5.85. The topological polar surface area (TPSA) is 33.6 Å². The summed E-state index contributed by atoms with van der Waals surface area (Å²) in [5.74, 6) is 0.912. The maximum absolute atomic E-state index is 6.10. The van der Waals surface area contributed by atoms with Crippen molar-refractivity contribution in [2.45, 2.75) is 20.3 Å². The Hall–Kier alpha value is -1.13. The summed E-state index contributed by atoms with van der Waals surface area (Å²) < 4.78 is 2.53. The van der Waals surface area contributed by atoms with E-state index in [-0.39, 0.29) is 0 Å². The summed E-state index contributed by atoms with van der Waals surface area (Å²) in [6.45, 7) is 4.02. The molecule has 0 aliphatic rings. The van der Waals surface area contributed by atoms with Gasteiger partial charge in [0.1, 0.15) is 5.82 Å². The Morgan fingerprint density at radius 3 is 2.94 bits per heavy atom. The first kappa shape index (κ1) is 11.4. The molecule has 0 spiro atoms. The number of aromatic amines is 1. The molecule has 84 valence electrons. The molecule has 5 heteroatoms. The van der Waals surface area contributed by atoms with E-state index in [0.717, 1.165) is 28.5 Å². The van der Waals surface area contributed by atoms with Crippen molar-refractivity contribution < 1.29 is 0 Å². The van der Waals surface area contributed by atoms with E-state index in [1.54, 1.807) is 0 Å². The van der Waals surface area contributed by atoms with Gasteiger partial charge in [-0.05, 0) is 36.8 Å². The van der Waals surface area contributed by atoms with E-state index in [9.17, 15) is 0 Å². The third-order valence-corrected chi connectivity index (χ3v) is 3.22. The molecule has 1 N–H and O–H groups in total. The summed E-state index contributed by atoms with van der Waals surface area (Å²) in [7, 11) is 0. The monoisotopic (exact) mass is 253 g/mol. The molecule has 0 saturated carbocycles.